The predicted molar refractivity (Wildman–Crippen MR) is 133 cm³/mol. The maximum Gasteiger partial charge on any atom is 0.237 e. The number of carbonyl (C=O) groups excluding carboxylic acids is 1. The Morgan fingerprint density at radius 1 is 1.34 bits per heavy atom. The Kier molecular flexibility index (Phi) is 11.0. The summed E-state index contributed by atoms with van der Waals surface area (Å²) in [5, 5.41) is 12.7. The van der Waals surface area contributed by atoms with E-state index in [4.69, 9.17) is 0 Å². The highest BCUT2D eigenvalue weighted by atomic mass is 16.2. The molecule has 32 heavy (non-hydrogen) atoms. The van der Waals surface area contributed by atoms with Crippen molar-refractivity contribution >= 4 is 5.91 Å². The lowest BCUT2D eigenvalue weighted by Crippen LogP contribution is -2.43. The van der Waals surface area contributed by atoms with E-state index in [1.807, 2.05) is 6.08 Å². The first-order valence-corrected chi connectivity index (χ1v) is 12.0. The second-order valence-electron chi connectivity index (χ2n) is 8.50. The molecule has 2 unspecified atom stereocenters. The van der Waals surface area contributed by atoms with Crippen molar-refractivity contribution in [3.05, 3.63) is 71.3 Å². The first kappa shape index (κ1) is 25.6. The minimum Gasteiger partial charge on any atom is -0.326 e. The minimum absolute atomic E-state index is 0.00510. The van der Waals surface area contributed by atoms with Crippen molar-refractivity contribution in [3.8, 4) is 6.07 Å². The number of nitrogens with zero attached hydrogens (tertiary/aromatic N) is 2. The fourth-order valence-electron chi connectivity index (χ4n) is 4.55. The molecule has 0 saturated carbocycles. The maximum atomic E-state index is 12.8. The van der Waals surface area contributed by atoms with Gasteiger partial charge in [0.1, 0.15) is 6.04 Å². The number of rotatable bonds is 12. The number of amides is 1. The first-order chi connectivity index (χ1) is 15.6. The van der Waals surface area contributed by atoms with E-state index >= 15 is 0 Å². The number of fused-ring (bicyclic) bond motifs is 1. The molecule has 2 rings (SSSR count). The molecule has 1 N–H and O–H groups in total. The Labute approximate surface area is 194 Å². The van der Waals surface area contributed by atoms with Gasteiger partial charge >= 0.3 is 0 Å². The van der Waals surface area contributed by atoms with Crippen molar-refractivity contribution in [2.75, 3.05) is 19.6 Å². The van der Waals surface area contributed by atoms with Gasteiger partial charge in [-0.15, -0.1) is 0 Å². The van der Waals surface area contributed by atoms with Gasteiger partial charge < -0.3 is 10.2 Å². The number of aryl methyl sites for hydroxylation is 1. The van der Waals surface area contributed by atoms with E-state index in [0.717, 1.165) is 45.1 Å². The van der Waals surface area contributed by atoms with E-state index in [2.05, 4.69) is 68.2 Å². The minimum atomic E-state index is -0.395. The van der Waals surface area contributed by atoms with Gasteiger partial charge in [-0.25, -0.2) is 0 Å². The zero-order valence-electron chi connectivity index (χ0n) is 20.1. The molecule has 0 spiro atoms. The SMILES string of the molecule is C=CC1=C(/C=C\C)CCc2ccccc2C1CCNCC(=O)N(CCCCC)C(C)C#N. The Hall–Kier alpha value is -2.64. The number of hydrogen-bond donors (Lipinski definition) is 1. The molecule has 1 aromatic carbocycles. The van der Waals surface area contributed by atoms with Gasteiger partial charge in [0, 0.05) is 12.5 Å². The number of allylic oxidation sites excluding steroid dienone is 5. The third kappa shape index (κ3) is 6.93. The number of carbonyl (C=O) groups is 1. The van der Waals surface area contributed by atoms with Gasteiger partial charge in [0.25, 0.3) is 0 Å². The van der Waals surface area contributed by atoms with Gasteiger partial charge in [-0.05, 0) is 68.3 Å². The molecule has 1 amide bonds. The van der Waals surface area contributed by atoms with E-state index in [1.165, 1.54) is 22.3 Å². The summed E-state index contributed by atoms with van der Waals surface area (Å²) in [4.78, 5) is 14.5. The van der Waals surface area contributed by atoms with Gasteiger partial charge in [-0.2, -0.15) is 5.26 Å². The lowest BCUT2D eigenvalue weighted by Gasteiger charge is -2.25. The number of nitrogens with one attached hydrogen (secondary N) is 1. The smallest absolute Gasteiger partial charge is 0.237 e. The molecular formula is C28H39N3O. The van der Waals surface area contributed by atoms with Crippen molar-refractivity contribution in [2.45, 2.75) is 71.3 Å². The van der Waals surface area contributed by atoms with E-state index in [-0.39, 0.29) is 18.4 Å². The summed E-state index contributed by atoms with van der Waals surface area (Å²) in [6, 6.07) is 10.5. The van der Waals surface area contributed by atoms with Crippen molar-refractivity contribution in [1.29, 1.82) is 5.26 Å². The fraction of sp³-hybridized carbons (Fsp3) is 0.500. The van der Waals surface area contributed by atoms with Crippen LogP contribution in [0.25, 0.3) is 0 Å². The van der Waals surface area contributed by atoms with E-state index in [1.54, 1.807) is 11.8 Å². The lowest BCUT2D eigenvalue weighted by atomic mass is 9.85. The number of unbranched alkanes of at least 4 members (excludes halogenated alkanes) is 2. The lowest BCUT2D eigenvalue weighted by molar-refractivity contribution is -0.131. The molecule has 0 aromatic heterocycles. The normalized spacial score (nSPS) is 16.9. The molecule has 4 heteroatoms. The molecule has 0 heterocycles. The average Bonchev–Trinajstić information content (AvgIpc) is 2.96. The van der Waals surface area contributed by atoms with E-state index in [0.29, 0.717) is 6.54 Å². The van der Waals surface area contributed by atoms with Gasteiger partial charge in [-0.1, -0.05) is 68.8 Å². The van der Waals surface area contributed by atoms with Crippen LogP contribution < -0.4 is 5.32 Å². The molecule has 172 valence electrons. The highest BCUT2D eigenvalue weighted by molar-refractivity contribution is 5.78. The summed E-state index contributed by atoms with van der Waals surface area (Å²) < 4.78 is 0. The Morgan fingerprint density at radius 3 is 2.81 bits per heavy atom. The second kappa shape index (κ2) is 13.7. The van der Waals surface area contributed by atoms with E-state index in [9.17, 15) is 10.1 Å². The molecule has 0 fully saturated rings. The Morgan fingerprint density at radius 2 is 2.12 bits per heavy atom. The molecule has 4 nitrogen and oxygen atoms in total. The molecule has 0 saturated heterocycles. The summed E-state index contributed by atoms with van der Waals surface area (Å²) in [7, 11) is 0. The summed E-state index contributed by atoms with van der Waals surface area (Å²) in [5.74, 6) is 0.268. The number of hydrogen-bond acceptors (Lipinski definition) is 3. The maximum absolute atomic E-state index is 12.8. The number of nitriles is 1. The third-order valence-corrected chi connectivity index (χ3v) is 6.29. The van der Waals surface area contributed by atoms with Crippen LogP contribution in [-0.2, 0) is 11.2 Å². The van der Waals surface area contributed by atoms with Crippen LogP contribution in [0.4, 0.5) is 0 Å². The van der Waals surface area contributed by atoms with Crippen molar-refractivity contribution in [1.82, 2.24) is 10.2 Å². The predicted octanol–water partition coefficient (Wildman–Crippen LogP) is 5.69. The third-order valence-electron chi connectivity index (χ3n) is 6.29. The fourth-order valence-corrected chi connectivity index (χ4v) is 4.55. The average molecular weight is 434 g/mol. The zero-order valence-corrected chi connectivity index (χ0v) is 20.1. The monoisotopic (exact) mass is 433 g/mol. The summed E-state index contributed by atoms with van der Waals surface area (Å²) >= 11 is 0. The molecule has 0 bridgehead atoms. The van der Waals surface area contributed by atoms with Crippen LogP contribution in [0.1, 0.15) is 69.9 Å². The molecule has 2 atom stereocenters. The number of benzene rings is 1. The van der Waals surface area contributed by atoms with Crippen LogP contribution in [0.15, 0.2) is 60.2 Å². The van der Waals surface area contributed by atoms with Crippen molar-refractivity contribution in [3.63, 3.8) is 0 Å². The molecule has 0 radical (unpaired) electrons. The topological polar surface area (TPSA) is 56.1 Å². The second-order valence-corrected chi connectivity index (χ2v) is 8.50. The largest absolute Gasteiger partial charge is 0.326 e. The van der Waals surface area contributed by atoms with Crippen LogP contribution in [0, 0.1) is 11.3 Å². The molecular weight excluding hydrogens is 394 g/mol. The van der Waals surface area contributed by atoms with Gasteiger partial charge in [0.15, 0.2) is 0 Å². The Balaban J connectivity index is 2.07. The summed E-state index contributed by atoms with van der Waals surface area (Å²) in [6.45, 7) is 11.8. The van der Waals surface area contributed by atoms with Crippen LogP contribution in [0.3, 0.4) is 0 Å². The molecule has 1 aliphatic rings. The van der Waals surface area contributed by atoms with E-state index < -0.39 is 6.04 Å². The van der Waals surface area contributed by atoms with Crippen LogP contribution in [0.2, 0.25) is 0 Å². The van der Waals surface area contributed by atoms with Gasteiger partial charge in [-0.3, -0.25) is 4.79 Å². The summed E-state index contributed by atoms with van der Waals surface area (Å²) in [6.07, 6.45) is 12.4. The van der Waals surface area contributed by atoms with Crippen LogP contribution >= 0.6 is 0 Å². The molecule has 1 aliphatic carbocycles. The Bertz CT molecular complexity index is 862. The standard InChI is InChI=1S/C28H39N3O/c1-5-8-11-19-31(22(4)20-29)28(32)21-30-18-17-27-25(7-3)23(12-6-2)15-16-24-13-9-10-14-26(24)27/h6-7,9-10,12-14,22,27,30H,3,5,8,11,15-19,21H2,1-2,4H3/b12-6-. The van der Waals surface area contributed by atoms with Crippen molar-refractivity contribution < 1.29 is 4.79 Å². The van der Waals surface area contributed by atoms with Gasteiger partial charge in [0.05, 0.1) is 12.6 Å². The quantitative estimate of drug-likeness (QED) is 0.431. The zero-order chi connectivity index (χ0) is 23.3. The summed E-state index contributed by atoms with van der Waals surface area (Å²) in [5.41, 5.74) is 5.41. The van der Waals surface area contributed by atoms with Crippen LogP contribution in [-0.4, -0.2) is 36.5 Å². The molecule has 0 aliphatic heterocycles. The van der Waals surface area contributed by atoms with Gasteiger partial charge in [0.2, 0.25) is 5.91 Å². The highest BCUT2D eigenvalue weighted by Crippen LogP contribution is 2.37. The van der Waals surface area contributed by atoms with Crippen LogP contribution in [0.5, 0.6) is 0 Å². The molecule has 1 aromatic rings. The highest BCUT2D eigenvalue weighted by Gasteiger charge is 2.24. The van der Waals surface area contributed by atoms with Crippen molar-refractivity contribution in [2.24, 2.45) is 0 Å². The first-order valence-electron chi connectivity index (χ1n) is 12.0.